The zero-order chi connectivity index (χ0) is 18.1. The van der Waals surface area contributed by atoms with Crippen molar-refractivity contribution in [3.05, 3.63) is 28.4 Å². The highest BCUT2D eigenvalue weighted by molar-refractivity contribution is 8.02. The van der Waals surface area contributed by atoms with Gasteiger partial charge >= 0.3 is 0 Å². The number of nitrogens with zero attached hydrogens (tertiary/aromatic N) is 1. The van der Waals surface area contributed by atoms with Crippen molar-refractivity contribution in [2.75, 3.05) is 18.5 Å². The van der Waals surface area contributed by atoms with Gasteiger partial charge in [-0.25, -0.2) is 13.2 Å². The number of hydrogen-bond donors (Lipinski definition) is 1. The van der Waals surface area contributed by atoms with Gasteiger partial charge < -0.3 is 14.6 Å². The van der Waals surface area contributed by atoms with Crippen LogP contribution in [-0.2, 0) is 16.1 Å². The number of thioether (sulfide) groups is 1. The highest BCUT2D eigenvalue weighted by Gasteiger charge is 2.43. The third kappa shape index (κ3) is 4.15. The fourth-order valence-electron chi connectivity index (χ4n) is 2.92. The summed E-state index contributed by atoms with van der Waals surface area (Å²) in [4.78, 5) is 23.9. The molecule has 0 radical (unpaired) electrons. The third-order valence-electron chi connectivity index (χ3n) is 4.32. The molecule has 5 nitrogen and oxygen atoms in total. The molecule has 2 aliphatic heterocycles. The molecule has 2 saturated heterocycles. The van der Waals surface area contributed by atoms with Gasteiger partial charge in [-0.2, -0.15) is 0 Å². The van der Waals surface area contributed by atoms with Crippen LogP contribution in [0.5, 0.6) is 0 Å². The average Bonchev–Trinajstić information content (AvgIpc) is 2.84. The lowest BCUT2D eigenvalue weighted by molar-refractivity contribution is -0.116. The minimum Gasteiger partial charge on any atom is -0.381 e. The Hall–Kier alpha value is -1.19. The fourth-order valence-corrected chi connectivity index (χ4v) is 4.96. The van der Waals surface area contributed by atoms with Gasteiger partial charge in [-0.1, -0.05) is 0 Å². The Bertz CT molecular complexity index is 714. The van der Waals surface area contributed by atoms with E-state index in [1.165, 1.54) is 11.8 Å². The number of anilines is 1. The van der Waals surface area contributed by atoms with Crippen LogP contribution < -0.4 is 10.9 Å². The van der Waals surface area contributed by atoms with Crippen LogP contribution in [0.15, 0.2) is 17.1 Å². The Kier molecular flexibility index (Phi) is 5.65. The summed E-state index contributed by atoms with van der Waals surface area (Å²) in [6.07, 6.45) is -1.22. The van der Waals surface area contributed by atoms with Crippen molar-refractivity contribution in [2.24, 2.45) is 11.8 Å². The van der Waals surface area contributed by atoms with Crippen LogP contribution in [0.4, 0.5) is 18.9 Å². The number of ether oxygens (including phenoxy) is 1. The van der Waals surface area contributed by atoms with E-state index in [1.807, 2.05) is 0 Å². The molecule has 0 saturated carbocycles. The molecule has 0 spiro atoms. The standard InChI is InChI=1S/C15H16ClF3N2O3S/c16-13-9(7-5-24-6-7)2-11(25-13)14(22)20-8-1-10(17)15(23)21(3-8)4-12(18)19/h1,3,7,9,11-13H,2,4-6H2,(H,20,22). The Morgan fingerprint density at radius 3 is 2.80 bits per heavy atom. The minimum absolute atomic E-state index is 0.0371. The van der Waals surface area contributed by atoms with Gasteiger partial charge in [0.25, 0.3) is 12.0 Å². The highest BCUT2D eigenvalue weighted by Crippen LogP contribution is 2.46. The van der Waals surface area contributed by atoms with Crippen molar-refractivity contribution in [2.45, 2.75) is 29.4 Å². The Morgan fingerprint density at radius 1 is 1.48 bits per heavy atom. The van der Waals surface area contributed by atoms with E-state index in [9.17, 15) is 22.8 Å². The molecule has 10 heteroatoms. The smallest absolute Gasteiger partial charge is 0.286 e. The highest BCUT2D eigenvalue weighted by atomic mass is 35.5. The van der Waals surface area contributed by atoms with Crippen molar-refractivity contribution in [3.8, 4) is 0 Å². The topological polar surface area (TPSA) is 60.3 Å². The normalized spacial score (nSPS) is 26.7. The van der Waals surface area contributed by atoms with E-state index in [2.05, 4.69) is 5.32 Å². The summed E-state index contributed by atoms with van der Waals surface area (Å²) in [5.74, 6) is -1.10. The largest absolute Gasteiger partial charge is 0.381 e. The van der Waals surface area contributed by atoms with Crippen molar-refractivity contribution >= 4 is 35.0 Å². The van der Waals surface area contributed by atoms with E-state index in [0.29, 0.717) is 30.1 Å². The first-order valence-electron chi connectivity index (χ1n) is 7.71. The van der Waals surface area contributed by atoms with Gasteiger partial charge in [0.2, 0.25) is 5.91 Å². The first kappa shape index (κ1) is 18.6. The summed E-state index contributed by atoms with van der Waals surface area (Å²) >= 11 is 7.61. The van der Waals surface area contributed by atoms with Gasteiger partial charge in [-0.05, 0) is 12.3 Å². The number of alkyl halides is 3. The quantitative estimate of drug-likeness (QED) is 0.777. The number of carbonyl (C=O) groups is 1. The average molecular weight is 397 g/mol. The fraction of sp³-hybridized carbons (Fsp3) is 0.600. The maximum absolute atomic E-state index is 13.6. The van der Waals surface area contributed by atoms with E-state index < -0.39 is 29.6 Å². The first-order chi connectivity index (χ1) is 11.8. The maximum atomic E-state index is 13.6. The van der Waals surface area contributed by atoms with Gasteiger partial charge in [0, 0.05) is 18.2 Å². The van der Waals surface area contributed by atoms with Crippen molar-refractivity contribution in [3.63, 3.8) is 0 Å². The number of carbonyl (C=O) groups excluding carboxylic acids is 1. The van der Waals surface area contributed by atoms with Crippen molar-refractivity contribution in [1.29, 1.82) is 0 Å². The lowest BCUT2D eigenvalue weighted by Gasteiger charge is -2.32. The van der Waals surface area contributed by atoms with Crippen molar-refractivity contribution < 1.29 is 22.7 Å². The molecule has 1 amide bonds. The number of amides is 1. The molecule has 0 bridgehead atoms. The second kappa shape index (κ2) is 7.59. The molecule has 3 atom stereocenters. The molecule has 2 aliphatic rings. The van der Waals surface area contributed by atoms with Gasteiger partial charge in [0.15, 0.2) is 5.82 Å². The molecular weight excluding hydrogens is 381 g/mol. The summed E-state index contributed by atoms with van der Waals surface area (Å²) in [7, 11) is 0. The second-order valence-corrected chi connectivity index (χ2v) is 8.17. The monoisotopic (exact) mass is 396 g/mol. The molecular formula is C15H16ClF3N2O3S. The number of nitrogens with one attached hydrogen (secondary N) is 1. The lowest BCUT2D eigenvalue weighted by atomic mass is 9.88. The van der Waals surface area contributed by atoms with Gasteiger partial charge in [-0.3, -0.25) is 9.59 Å². The molecule has 0 aliphatic carbocycles. The number of rotatable bonds is 5. The predicted octanol–water partition coefficient (Wildman–Crippen LogP) is 2.52. The van der Waals surface area contributed by atoms with E-state index in [0.717, 1.165) is 12.3 Å². The molecule has 1 N–H and O–H groups in total. The molecule has 1 aromatic heterocycles. The van der Waals surface area contributed by atoms with Crippen LogP contribution in [0, 0.1) is 17.7 Å². The summed E-state index contributed by atoms with van der Waals surface area (Å²) in [5.41, 5.74) is -1.19. The predicted molar refractivity (Wildman–Crippen MR) is 88.7 cm³/mol. The van der Waals surface area contributed by atoms with Crippen LogP contribution in [-0.4, -0.2) is 40.1 Å². The summed E-state index contributed by atoms with van der Waals surface area (Å²) in [5, 5.41) is 2.06. The number of hydrogen-bond acceptors (Lipinski definition) is 4. The molecule has 0 aromatic carbocycles. The van der Waals surface area contributed by atoms with E-state index in [4.69, 9.17) is 16.3 Å². The zero-order valence-electron chi connectivity index (χ0n) is 13.0. The number of aromatic nitrogens is 1. The third-order valence-corrected chi connectivity index (χ3v) is 6.30. The Labute approximate surface area is 150 Å². The van der Waals surface area contributed by atoms with Crippen LogP contribution in [0.2, 0.25) is 0 Å². The lowest BCUT2D eigenvalue weighted by Crippen LogP contribution is -2.36. The SMILES string of the molecule is O=C(Nc1cc(F)c(=O)n(CC(F)F)c1)C1CC(C2COC2)C(Cl)S1. The van der Waals surface area contributed by atoms with E-state index >= 15 is 0 Å². The van der Waals surface area contributed by atoms with Crippen molar-refractivity contribution in [1.82, 2.24) is 4.57 Å². The molecule has 3 heterocycles. The molecule has 25 heavy (non-hydrogen) atoms. The minimum atomic E-state index is -2.81. The number of halogens is 4. The van der Waals surface area contributed by atoms with E-state index in [1.54, 1.807) is 0 Å². The molecule has 1 aromatic rings. The summed E-state index contributed by atoms with van der Waals surface area (Å²) in [6.45, 7) is 0.324. The van der Waals surface area contributed by atoms with Gasteiger partial charge in [-0.15, -0.1) is 23.4 Å². The summed E-state index contributed by atoms with van der Waals surface area (Å²) in [6, 6.07) is 0.831. The Balaban J connectivity index is 1.68. The van der Waals surface area contributed by atoms with Gasteiger partial charge in [0.1, 0.15) is 0 Å². The molecule has 138 valence electrons. The van der Waals surface area contributed by atoms with Crippen LogP contribution in [0.1, 0.15) is 6.42 Å². The summed E-state index contributed by atoms with van der Waals surface area (Å²) < 4.78 is 44.1. The van der Waals surface area contributed by atoms with Crippen LogP contribution in [0.25, 0.3) is 0 Å². The zero-order valence-corrected chi connectivity index (χ0v) is 14.5. The number of pyridine rings is 1. The van der Waals surface area contributed by atoms with Gasteiger partial charge in [0.05, 0.1) is 35.4 Å². The first-order valence-corrected chi connectivity index (χ1v) is 9.09. The Morgan fingerprint density at radius 2 is 2.20 bits per heavy atom. The molecule has 3 unspecified atom stereocenters. The maximum Gasteiger partial charge on any atom is 0.286 e. The van der Waals surface area contributed by atoms with Crippen LogP contribution >= 0.6 is 23.4 Å². The molecule has 3 rings (SSSR count). The van der Waals surface area contributed by atoms with E-state index in [-0.39, 0.29) is 22.2 Å². The van der Waals surface area contributed by atoms with Crippen LogP contribution in [0.3, 0.4) is 0 Å². The molecule has 2 fully saturated rings. The second-order valence-electron chi connectivity index (χ2n) is 6.09.